The van der Waals surface area contributed by atoms with Gasteiger partial charge in [0.15, 0.2) is 5.84 Å². The zero-order valence-corrected chi connectivity index (χ0v) is 11.1. The van der Waals surface area contributed by atoms with Crippen LogP contribution in [0.5, 0.6) is 5.75 Å². The Balaban J connectivity index is 1.67. The maximum atomic E-state index is 11.8. The molecule has 0 bridgehead atoms. The fraction of sp³-hybridized carbons (Fsp3) is 0.143. The largest absolute Gasteiger partial charge is 0.508 e. The van der Waals surface area contributed by atoms with E-state index in [-0.39, 0.29) is 17.6 Å². The number of carbonyl (C=O) groups is 1. The average molecular weight is 283 g/mol. The van der Waals surface area contributed by atoms with E-state index >= 15 is 0 Å². The van der Waals surface area contributed by atoms with Crippen molar-refractivity contribution in [2.24, 2.45) is 9.98 Å². The van der Waals surface area contributed by atoms with E-state index in [4.69, 9.17) is 5.41 Å². The number of aliphatic imine (C=N–C) groups is 2. The van der Waals surface area contributed by atoms with Gasteiger partial charge in [-0.15, -0.1) is 0 Å². The summed E-state index contributed by atoms with van der Waals surface area (Å²) in [7, 11) is 0. The summed E-state index contributed by atoms with van der Waals surface area (Å²) >= 11 is 0. The normalized spacial score (nSPS) is 16.9. The van der Waals surface area contributed by atoms with Gasteiger partial charge >= 0.3 is 0 Å². The minimum atomic E-state index is -0.344. The number of fused-ring (bicyclic) bond motifs is 1. The molecule has 7 heteroatoms. The Hall–Kier alpha value is -2.80. The van der Waals surface area contributed by atoms with Crippen molar-refractivity contribution in [2.75, 3.05) is 6.54 Å². The predicted molar refractivity (Wildman–Crippen MR) is 78.6 cm³/mol. The number of hydrogen-bond donors (Lipinski definition) is 4. The molecule has 2 aliphatic heterocycles. The van der Waals surface area contributed by atoms with Gasteiger partial charge in [-0.05, 0) is 17.7 Å². The molecule has 21 heavy (non-hydrogen) atoms. The van der Waals surface area contributed by atoms with Crippen LogP contribution >= 0.6 is 0 Å². The standard InChI is InChI=1S/C14H13N5O2/c15-14-18-12-11(13(21)19-14)9(7-17-12)6-16-5-8-1-3-10(20)4-2-8/h1-4,7,16,20H,5-6H2,(H2,15,19,21). The number of hydrogen-bond acceptors (Lipinski definition) is 5. The summed E-state index contributed by atoms with van der Waals surface area (Å²) < 4.78 is 0. The van der Waals surface area contributed by atoms with Crippen molar-refractivity contribution in [3.8, 4) is 5.75 Å². The summed E-state index contributed by atoms with van der Waals surface area (Å²) in [6.45, 7) is 1.08. The lowest BCUT2D eigenvalue weighted by Crippen LogP contribution is -2.37. The first kappa shape index (κ1) is 13.2. The van der Waals surface area contributed by atoms with E-state index in [1.54, 1.807) is 18.3 Å². The van der Waals surface area contributed by atoms with Crippen LogP contribution in [0.3, 0.4) is 0 Å². The van der Waals surface area contributed by atoms with Gasteiger partial charge in [0, 0.05) is 24.9 Å². The minimum Gasteiger partial charge on any atom is -0.508 e. The summed E-state index contributed by atoms with van der Waals surface area (Å²) in [6.07, 6.45) is 1.59. The summed E-state index contributed by atoms with van der Waals surface area (Å²) in [5.41, 5.74) is 2.19. The summed E-state index contributed by atoms with van der Waals surface area (Å²) in [5.74, 6) is -0.00268. The van der Waals surface area contributed by atoms with Crippen molar-refractivity contribution in [3.05, 3.63) is 41.0 Å². The number of guanidine groups is 1. The zero-order chi connectivity index (χ0) is 14.8. The molecule has 4 N–H and O–H groups in total. The maximum Gasteiger partial charge on any atom is 0.262 e. The first-order valence-electron chi connectivity index (χ1n) is 6.38. The molecule has 0 aromatic heterocycles. The quantitative estimate of drug-likeness (QED) is 0.639. The van der Waals surface area contributed by atoms with Crippen LogP contribution in [0.1, 0.15) is 5.56 Å². The molecule has 3 rings (SSSR count). The number of aromatic hydroxyl groups is 1. The fourth-order valence-corrected chi connectivity index (χ4v) is 2.14. The molecule has 0 fully saturated rings. The van der Waals surface area contributed by atoms with Gasteiger partial charge in [0.1, 0.15) is 5.75 Å². The summed E-state index contributed by atoms with van der Waals surface area (Å²) in [4.78, 5) is 19.8. The lowest BCUT2D eigenvalue weighted by atomic mass is 10.1. The number of nitrogens with zero attached hydrogens (tertiary/aromatic N) is 2. The van der Waals surface area contributed by atoms with Gasteiger partial charge in [0.25, 0.3) is 5.91 Å². The van der Waals surface area contributed by atoms with Gasteiger partial charge < -0.3 is 10.4 Å². The van der Waals surface area contributed by atoms with Crippen molar-refractivity contribution < 1.29 is 9.90 Å². The number of nitrogens with one attached hydrogen (secondary N) is 3. The first-order chi connectivity index (χ1) is 10.1. The highest BCUT2D eigenvalue weighted by atomic mass is 16.3. The Morgan fingerprint density at radius 1 is 1.24 bits per heavy atom. The molecule has 0 aliphatic carbocycles. The van der Waals surface area contributed by atoms with E-state index in [2.05, 4.69) is 20.6 Å². The second kappa shape index (κ2) is 5.29. The van der Waals surface area contributed by atoms with Crippen molar-refractivity contribution >= 4 is 23.9 Å². The van der Waals surface area contributed by atoms with E-state index in [0.29, 0.717) is 24.5 Å². The number of rotatable bonds is 4. The molecular weight excluding hydrogens is 270 g/mol. The van der Waals surface area contributed by atoms with Crippen LogP contribution in [0, 0.1) is 5.41 Å². The van der Waals surface area contributed by atoms with Crippen LogP contribution in [0.15, 0.2) is 45.4 Å². The average Bonchev–Trinajstić information content (AvgIpc) is 2.84. The number of amidine groups is 1. The molecule has 0 radical (unpaired) electrons. The third-order valence-corrected chi connectivity index (χ3v) is 3.15. The van der Waals surface area contributed by atoms with Gasteiger partial charge in [0.05, 0.1) is 5.57 Å². The topological polar surface area (TPSA) is 110 Å². The number of phenolic OH excluding ortho intramolecular Hbond substituents is 1. The molecule has 0 atom stereocenters. The highest BCUT2D eigenvalue weighted by Crippen LogP contribution is 2.16. The number of amides is 1. The number of benzene rings is 1. The molecule has 1 amide bonds. The Morgan fingerprint density at radius 3 is 2.76 bits per heavy atom. The third-order valence-electron chi connectivity index (χ3n) is 3.15. The predicted octanol–water partition coefficient (Wildman–Crippen LogP) is 0.326. The molecule has 1 aromatic rings. The Labute approximate surface area is 120 Å². The van der Waals surface area contributed by atoms with Crippen LogP contribution in [-0.2, 0) is 11.3 Å². The van der Waals surface area contributed by atoms with E-state index in [9.17, 15) is 9.90 Å². The summed E-state index contributed by atoms with van der Waals surface area (Å²) in [6, 6.07) is 6.90. The smallest absolute Gasteiger partial charge is 0.262 e. The van der Waals surface area contributed by atoms with Gasteiger partial charge in [-0.1, -0.05) is 12.1 Å². The van der Waals surface area contributed by atoms with Crippen LogP contribution in [0.2, 0.25) is 0 Å². The first-order valence-corrected chi connectivity index (χ1v) is 6.38. The van der Waals surface area contributed by atoms with Crippen molar-refractivity contribution in [1.29, 1.82) is 5.41 Å². The van der Waals surface area contributed by atoms with Crippen LogP contribution in [0.4, 0.5) is 0 Å². The van der Waals surface area contributed by atoms with Crippen molar-refractivity contribution in [3.63, 3.8) is 0 Å². The van der Waals surface area contributed by atoms with Gasteiger partial charge in [-0.3, -0.25) is 15.5 Å². The van der Waals surface area contributed by atoms with Crippen LogP contribution < -0.4 is 10.6 Å². The maximum absolute atomic E-state index is 11.8. The molecule has 0 saturated heterocycles. The number of phenols is 1. The third kappa shape index (κ3) is 2.72. The van der Waals surface area contributed by atoms with Crippen LogP contribution in [-0.4, -0.2) is 35.6 Å². The molecule has 7 nitrogen and oxygen atoms in total. The lowest BCUT2D eigenvalue weighted by Gasteiger charge is -2.12. The Bertz CT molecular complexity index is 701. The Morgan fingerprint density at radius 2 is 2.00 bits per heavy atom. The molecule has 2 aliphatic rings. The van der Waals surface area contributed by atoms with Crippen molar-refractivity contribution in [1.82, 2.24) is 10.6 Å². The molecule has 106 valence electrons. The van der Waals surface area contributed by atoms with Crippen molar-refractivity contribution in [2.45, 2.75) is 6.54 Å². The SMILES string of the molecule is N=C1N=C2N=CC(CNCc3ccc(O)cc3)=C2C(=O)N1. The van der Waals surface area contributed by atoms with E-state index in [1.165, 1.54) is 0 Å². The van der Waals surface area contributed by atoms with Gasteiger partial charge in [-0.25, -0.2) is 4.99 Å². The molecule has 1 aromatic carbocycles. The molecule has 0 spiro atoms. The molecular formula is C14H13N5O2. The lowest BCUT2D eigenvalue weighted by molar-refractivity contribution is -0.115. The molecule has 0 saturated carbocycles. The minimum absolute atomic E-state index is 0.186. The van der Waals surface area contributed by atoms with Crippen LogP contribution in [0.25, 0.3) is 0 Å². The second-order valence-electron chi connectivity index (χ2n) is 4.67. The Kier molecular flexibility index (Phi) is 3.33. The molecule has 2 heterocycles. The highest BCUT2D eigenvalue weighted by Gasteiger charge is 2.28. The molecule has 0 unspecified atom stereocenters. The monoisotopic (exact) mass is 283 g/mol. The highest BCUT2D eigenvalue weighted by molar-refractivity contribution is 6.35. The van der Waals surface area contributed by atoms with Gasteiger partial charge in [-0.2, -0.15) is 4.99 Å². The fourth-order valence-electron chi connectivity index (χ4n) is 2.14. The van der Waals surface area contributed by atoms with E-state index < -0.39 is 0 Å². The number of carbonyl (C=O) groups excluding carboxylic acids is 1. The van der Waals surface area contributed by atoms with Gasteiger partial charge in [0.2, 0.25) is 5.96 Å². The van der Waals surface area contributed by atoms with E-state index in [1.807, 2.05) is 12.1 Å². The summed E-state index contributed by atoms with van der Waals surface area (Å²) in [5, 5.41) is 22.1. The zero-order valence-electron chi connectivity index (χ0n) is 11.1. The second-order valence-corrected chi connectivity index (χ2v) is 4.67. The van der Waals surface area contributed by atoms with E-state index in [0.717, 1.165) is 11.1 Å².